The Morgan fingerprint density at radius 3 is 2.18 bits per heavy atom. The molecule has 0 aliphatic rings. The Hall–Kier alpha value is -2.12. The number of carbonyl (C=O) groups excluding carboxylic acids is 1. The third-order valence-corrected chi connectivity index (χ3v) is 2.95. The topological polar surface area (TPSA) is 66.4 Å². The number of amides is 1. The summed E-state index contributed by atoms with van der Waals surface area (Å²) < 4.78 is 51.1. The summed E-state index contributed by atoms with van der Waals surface area (Å²) in [5.41, 5.74) is -1.23. The monoisotopic (exact) mass is 321 g/mol. The van der Waals surface area contributed by atoms with Crippen molar-refractivity contribution in [3.05, 3.63) is 35.4 Å². The van der Waals surface area contributed by atoms with Gasteiger partial charge in [0.15, 0.2) is 0 Å². The molecule has 2 N–H and O–H groups in total. The maximum absolute atomic E-state index is 13.9. The van der Waals surface area contributed by atoms with E-state index in [0.717, 1.165) is 12.1 Å². The lowest BCUT2D eigenvalue weighted by Crippen LogP contribution is -2.42. The van der Waals surface area contributed by atoms with Crippen molar-refractivity contribution in [3.63, 3.8) is 0 Å². The van der Waals surface area contributed by atoms with E-state index in [2.05, 4.69) is 0 Å². The maximum Gasteiger partial charge on any atom is 0.416 e. The minimum Gasteiger partial charge on any atom is -0.480 e. The second kappa shape index (κ2) is 7.24. The van der Waals surface area contributed by atoms with Gasteiger partial charge in [-0.1, -0.05) is 25.5 Å². The summed E-state index contributed by atoms with van der Waals surface area (Å²) in [7, 11) is 0. The van der Waals surface area contributed by atoms with Gasteiger partial charge in [-0.15, -0.1) is 0 Å². The fourth-order valence-corrected chi connectivity index (χ4v) is 1.78. The molecule has 0 saturated carbocycles. The van der Waals surface area contributed by atoms with Crippen LogP contribution in [0.3, 0.4) is 0 Å². The van der Waals surface area contributed by atoms with Gasteiger partial charge in [0.25, 0.3) is 5.91 Å². The molecular formula is C14H15F4NO3. The SMILES string of the molecule is CCCC(NC(=O)C(F)c1ccc(C(F)(F)F)cc1)C(=O)O. The largest absolute Gasteiger partial charge is 0.480 e. The molecule has 8 heteroatoms. The van der Waals surface area contributed by atoms with Gasteiger partial charge < -0.3 is 10.4 Å². The molecule has 2 unspecified atom stereocenters. The molecule has 0 aliphatic carbocycles. The van der Waals surface area contributed by atoms with Crippen molar-refractivity contribution in [2.75, 3.05) is 0 Å². The summed E-state index contributed by atoms with van der Waals surface area (Å²) in [4.78, 5) is 22.5. The van der Waals surface area contributed by atoms with Gasteiger partial charge >= 0.3 is 12.1 Å². The van der Waals surface area contributed by atoms with Crippen LogP contribution in [0.5, 0.6) is 0 Å². The molecule has 4 nitrogen and oxygen atoms in total. The molecule has 0 bridgehead atoms. The molecule has 22 heavy (non-hydrogen) atoms. The summed E-state index contributed by atoms with van der Waals surface area (Å²) in [6, 6.07) is 1.79. The Morgan fingerprint density at radius 2 is 1.77 bits per heavy atom. The van der Waals surface area contributed by atoms with Crippen LogP contribution in [-0.2, 0) is 15.8 Å². The molecule has 0 radical (unpaired) electrons. The first kappa shape index (κ1) is 17.9. The number of carbonyl (C=O) groups is 2. The highest BCUT2D eigenvalue weighted by molar-refractivity contribution is 5.87. The van der Waals surface area contributed by atoms with Gasteiger partial charge in [0, 0.05) is 0 Å². The summed E-state index contributed by atoms with van der Waals surface area (Å²) in [5, 5.41) is 10.9. The molecule has 0 fully saturated rings. The van der Waals surface area contributed by atoms with Crippen molar-refractivity contribution in [1.82, 2.24) is 5.32 Å². The molecule has 1 amide bonds. The number of benzene rings is 1. The fourth-order valence-electron chi connectivity index (χ4n) is 1.78. The number of alkyl halides is 4. The number of carboxylic acids is 1. The number of carboxylic acid groups (broad SMARTS) is 1. The van der Waals surface area contributed by atoms with E-state index in [0.29, 0.717) is 18.6 Å². The van der Waals surface area contributed by atoms with Gasteiger partial charge in [-0.05, 0) is 24.1 Å². The van der Waals surface area contributed by atoms with Crippen molar-refractivity contribution < 1.29 is 32.3 Å². The highest BCUT2D eigenvalue weighted by atomic mass is 19.4. The van der Waals surface area contributed by atoms with Crippen LogP contribution in [0, 0.1) is 0 Å². The van der Waals surface area contributed by atoms with Crippen LogP contribution in [0.15, 0.2) is 24.3 Å². The molecular weight excluding hydrogens is 306 g/mol. The predicted octanol–water partition coefficient (Wildman–Crippen LogP) is 3.09. The van der Waals surface area contributed by atoms with Crippen molar-refractivity contribution in [1.29, 1.82) is 0 Å². The minimum atomic E-state index is -4.55. The summed E-state index contributed by atoms with van der Waals surface area (Å²) >= 11 is 0. The molecule has 1 rings (SSSR count). The van der Waals surface area contributed by atoms with E-state index in [-0.39, 0.29) is 12.0 Å². The van der Waals surface area contributed by atoms with E-state index in [4.69, 9.17) is 5.11 Å². The lowest BCUT2D eigenvalue weighted by atomic mass is 10.1. The lowest BCUT2D eigenvalue weighted by molar-refractivity contribution is -0.143. The van der Waals surface area contributed by atoms with E-state index in [1.807, 2.05) is 5.32 Å². The summed E-state index contributed by atoms with van der Waals surface area (Å²) in [6.07, 6.45) is -6.20. The summed E-state index contributed by atoms with van der Waals surface area (Å²) in [5.74, 6) is -2.49. The van der Waals surface area contributed by atoms with E-state index in [9.17, 15) is 27.2 Å². The quantitative estimate of drug-likeness (QED) is 0.791. The first-order valence-electron chi connectivity index (χ1n) is 6.51. The zero-order valence-electron chi connectivity index (χ0n) is 11.7. The van der Waals surface area contributed by atoms with Gasteiger partial charge in [-0.3, -0.25) is 4.79 Å². The average molecular weight is 321 g/mol. The molecule has 1 aromatic rings. The number of hydrogen-bond donors (Lipinski definition) is 2. The van der Waals surface area contributed by atoms with Gasteiger partial charge in [0.1, 0.15) is 6.04 Å². The molecule has 1 aromatic carbocycles. The molecule has 0 aromatic heterocycles. The van der Waals surface area contributed by atoms with Crippen LogP contribution in [0.25, 0.3) is 0 Å². The second-order valence-corrected chi connectivity index (χ2v) is 4.67. The number of aliphatic carboxylic acids is 1. The minimum absolute atomic E-state index is 0.126. The molecule has 2 atom stereocenters. The normalized spacial score (nSPS) is 14.2. The Balaban J connectivity index is 2.80. The van der Waals surface area contributed by atoms with Crippen molar-refractivity contribution in [2.45, 2.75) is 38.2 Å². The van der Waals surface area contributed by atoms with E-state index < -0.39 is 35.8 Å². The Kier molecular flexibility index (Phi) is 5.90. The Bertz CT molecular complexity index is 528. The lowest BCUT2D eigenvalue weighted by Gasteiger charge is -2.16. The zero-order chi connectivity index (χ0) is 16.9. The van der Waals surface area contributed by atoms with Crippen LogP contribution >= 0.6 is 0 Å². The number of halogens is 4. The fraction of sp³-hybridized carbons (Fsp3) is 0.429. The average Bonchev–Trinajstić information content (AvgIpc) is 2.45. The van der Waals surface area contributed by atoms with E-state index in [1.165, 1.54) is 0 Å². The first-order chi connectivity index (χ1) is 10.2. The zero-order valence-corrected chi connectivity index (χ0v) is 11.7. The van der Waals surface area contributed by atoms with E-state index >= 15 is 0 Å². The van der Waals surface area contributed by atoms with Crippen LogP contribution in [0.4, 0.5) is 17.6 Å². The van der Waals surface area contributed by atoms with Gasteiger partial charge in [-0.2, -0.15) is 13.2 Å². The maximum atomic E-state index is 13.9. The van der Waals surface area contributed by atoms with Gasteiger partial charge in [0.2, 0.25) is 6.17 Å². The van der Waals surface area contributed by atoms with Crippen LogP contribution in [0.2, 0.25) is 0 Å². The Labute approximate surface area is 124 Å². The smallest absolute Gasteiger partial charge is 0.416 e. The summed E-state index contributed by atoms with van der Waals surface area (Å²) in [6.45, 7) is 1.70. The highest BCUT2D eigenvalue weighted by Crippen LogP contribution is 2.30. The molecule has 0 saturated heterocycles. The van der Waals surface area contributed by atoms with Crippen molar-refractivity contribution in [2.24, 2.45) is 0 Å². The van der Waals surface area contributed by atoms with Gasteiger partial charge in [0.05, 0.1) is 5.56 Å². The molecule has 0 spiro atoms. The Morgan fingerprint density at radius 1 is 1.23 bits per heavy atom. The highest BCUT2D eigenvalue weighted by Gasteiger charge is 2.31. The standard InChI is InChI=1S/C14H15F4NO3/c1-2-3-10(13(21)22)19-12(20)11(15)8-4-6-9(7-5-8)14(16,17)18/h4-7,10-11H,2-3H2,1H3,(H,19,20)(H,21,22). The second-order valence-electron chi connectivity index (χ2n) is 4.67. The number of nitrogens with one attached hydrogen (secondary N) is 1. The molecule has 122 valence electrons. The third-order valence-electron chi connectivity index (χ3n) is 2.95. The van der Waals surface area contributed by atoms with E-state index in [1.54, 1.807) is 6.92 Å². The molecule has 0 aliphatic heterocycles. The molecule has 0 heterocycles. The van der Waals surface area contributed by atoms with Crippen LogP contribution < -0.4 is 5.32 Å². The van der Waals surface area contributed by atoms with Gasteiger partial charge in [-0.25, -0.2) is 9.18 Å². The number of hydrogen-bond acceptors (Lipinski definition) is 2. The van der Waals surface area contributed by atoms with Crippen LogP contribution in [-0.4, -0.2) is 23.0 Å². The first-order valence-corrected chi connectivity index (χ1v) is 6.51. The predicted molar refractivity (Wildman–Crippen MR) is 69.8 cm³/mol. The number of rotatable bonds is 6. The van der Waals surface area contributed by atoms with Crippen molar-refractivity contribution >= 4 is 11.9 Å². The van der Waals surface area contributed by atoms with Crippen LogP contribution in [0.1, 0.15) is 37.1 Å². The van der Waals surface area contributed by atoms with Crippen molar-refractivity contribution in [3.8, 4) is 0 Å². The third kappa shape index (κ3) is 4.71.